The molecule has 1 aromatic rings. The molecule has 0 spiro atoms. The third-order valence-electron chi connectivity index (χ3n) is 5.07. The first-order valence-corrected chi connectivity index (χ1v) is 8.09. The maximum Gasteiger partial charge on any atom is -0.0106 e. The molecule has 0 aliphatic heterocycles. The summed E-state index contributed by atoms with van der Waals surface area (Å²) in [6.07, 6.45) is 13.9. The standard InChI is InChI=1S/C22H24/c1-6-15(3)18-12-21-16(4)19-10-8-7-9-14(2)11-20(19)17(5)22(21)13-18/h7-11,18H,3-6,12-13H2,1-2H3/b8-7?,9-7-,10-8-,14-9?,14-11+,19-10?,20-11?. The van der Waals surface area contributed by atoms with Crippen molar-refractivity contribution in [1.29, 1.82) is 0 Å². The summed E-state index contributed by atoms with van der Waals surface area (Å²) in [5.74, 6) is 0.557. The molecule has 0 nitrogen and oxygen atoms in total. The zero-order chi connectivity index (χ0) is 15.9. The smallest absolute Gasteiger partial charge is 0.0106 e. The Kier molecular flexibility index (Phi) is 3.78. The highest BCUT2D eigenvalue weighted by molar-refractivity contribution is 5.73. The van der Waals surface area contributed by atoms with Gasteiger partial charge in [-0.05, 0) is 64.8 Å². The van der Waals surface area contributed by atoms with Crippen molar-refractivity contribution in [3.05, 3.63) is 68.6 Å². The monoisotopic (exact) mass is 288 g/mol. The SMILES string of the molecule is C=C(CC)C1Cc2c(c(=C)c3c(c2=C)\C=C/C=C\C(C)=C\3)C1. The van der Waals surface area contributed by atoms with Crippen molar-refractivity contribution < 1.29 is 0 Å². The van der Waals surface area contributed by atoms with Gasteiger partial charge in [-0.2, -0.15) is 0 Å². The molecular formula is C22H24. The third-order valence-corrected chi connectivity index (χ3v) is 5.07. The van der Waals surface area contributed by atoms with Crippen molar-refractivity contribution in [3.8, 4) is 0 Å². The Bertz CT molecular complexity index is 828. The van der Waals surface area contributed by atoms with Crippen LogP contribution >= 0.6 is 0 Å². The van der Waals surface area contributed by atoms with Gasteiger partial charge in [0.05, 0.1) is 0 Å². The van der Waals surface area contributed by atoms with E-state index < -0.39 is 0 Å². The summed E-state index contributed by atoms with van der Waals surface area (Å²) in [4.78, 5) is 0. The van der Waals surface area contributed by atoms with Crippen LogP contribution in [0.3, 0.4) is 0 Å². The fourth-order valence-electron chi connectivity index (χ4n) is 3.64. The Morgan fingerprint density at radius 1 is 1.05 bits per heavy atom. The minimum Gasteiger partial charge on any atom is -0.0996 e. The summed E-state index contributed by atoms with van der Waals surface area (Å²) in [5, 5.41) is 2.36. The normalized spacial score (nSPS) is 24.5. The second-order valence-electron chi connectivity index (χ2n) is 6.47. The first-order valence-electron chi connectivity index (χ1n) is 8.09. The van der Waals surface area contributed by atoms with Gasteiger partial charge in [0.25, 0.3) is 0 Å². The molecule has 0 radical (unpaired) electrons. The molecule has 1 aromatic carbocycles. The van der Waals surface area contributed by atoms with E-state index in [-0.39, 0.29) is 0 Å². The number of benzene rings is 1. The van der Waals surface area contributed by atoms with Crippen LogP contribution in [-0.2, 0) is 12.8 Å². The minimum atomic E-state index is 0.557. The van der Waals surface area contributed by atoms with Crippen molar-refractivity contribution >= 4 is 25.3 Å². The third kappa shape index (κ3) is 2.33. The second-order valence-corrected chi connectivity index (χ2v) is 6.47. The predicted octanol–water partition coefficient (Wildman–Crippen LogP) is 4.17. The molecule has 0 saturated heterocycles. The Balaban J connectivity index is 2.23. The van der Waals surface area contributed by atoms with Crippen LogP contribution in [0.4, 0.5) is 0 Å². The summed E-state index contributed by atoms with van der Waals surface area (Å²) < 4.78 is 0. The largest absolute Gasteiger partial charge is 0.0996 e. The second kappa shape index (κ2) is 5.61. The molecule has 22 heavy (non-hydrogen) atoms. The van der Waals surface area contributed by atoms with Crippen LogP contribution in [0, 0.1) is 5.92 Å². The van der Waals surface area contributed by atoms with Gasteiger partial charge in [-0.3, -0.25) is 0 Å². The van der Waals surface area contributed by atoms with Crippen LogP contribution in [0.1, 0.15) is 42.5 Å². The maximum atomic E-state index is 4.41. The molecule has 0 heteroatoms. The number of fused-ring (bicyclic) bond motifs is 2. The highest BCUT2D eigenvalue weighted by atomic mass is 14.3. The van der Waals surface area contributed by atoms with Gasteiger partial charge in [0, 0.05) is 0 Å². The van der Waals surface area contributed by atoms with Gasteiger partial charge in [-0.25, -0.2) is 0 Å². The highest BCUT2D eigenvalue weighted by Crippen LogP contribution is 2.30. The summed E-state index contributed by atoms with van der Waals surface area (Å²) in [7, 11) is 0. The average molecular weight is 288 g/mol. The molecule has 0 aromatic heterocycles. The highest BCUT2D eigenvalue weighted by Gasteiger charge is 2.26. The molecule has 2 aliphatic carbocycles. The van der Waals surface area contributed by atoms with Crippen LogP contribution in [0.2, 0.25) is 0 Å². The molecule has 112 valence electrons. The van der Waals surface area contributed by atoms with Crippen LogP contribution < -0.4 is 10.4 Å². The molecule has 0 amide bonds. The van der Waals surface area contributed by atoms with Gasteiger partial charge < -0.3 is 0 Å². The Labute approximate surface area is 133 Å². The molecule has 3 rings (SSSR count). The molecule has 0 bridgehead atoms. The first kappa shape index (κ1) is 14.8. The number of hydrogen-bond acceptors (Lipinski definition) is 0. The minimum absolute atomic E-state index is 0.557. The average Bonchev–Trinajstić information content (AvgIpc) is 2.93. The van der Waals surface area contributed by atoms with E-state index in [1.807, 2.05) is 0 Å². The Morgan fingerprint density at radius 2 is 1.64 bits per heavy atom. The molecule has 0 fully saturated rings. The van der Waals surface area contributed by atoms with Crippen LogP contribution in [0.5, 0.6) is 0 Å². The van der Waals surface area contributed by atoms with Gasteiger partial charge in [-0.15, -0.1) is 0 Å². The molecule has 0 heterocycles. The van der Waals surface area contributed by atoms with E-state index >= 15 is 0 Å². The lowest BCUT2D eigenvalue weighted by Gasteiger charge is -2.12. The zero-order valence-electron chi connectivity index (χ0n) is 13.7. The zero-order valence-corrected chi connectivity index (χ0v) is 13.7. The molecule has 1 atom stereocenters. The first-order chi connectivity index (χ1) is 10.5. The van der Waals surface area contributed by atoms with E-state index in [1.165, 1.54) is 43.8 Å². The van der Waals surface area contributed by atoms with Gasteiger partial charge in [0.15, 0.2) is 0 Å². The van der Waals surface area contributed by atoms with Gasteiger partial charge in [0.2, 0.25) is 0 Å². The lowest BCUT2D eigenvalue weighted by Crippen LogP contribution is -2.23. The van der Waals surface area contributed by atoms with E-state index in [4.69, 9.17) is 0 Å². The number of rotatable bonds is 2. The van der Waals surface area contributed by atoms with Crippen molar-refractivity contribution in [2.45, 2.75) is 33.1 Å². The topological polar surface area (TPSA) is 0 Å². The Hall–Kier alpha value is -2.08. The molecule has 1 unspecified atom stereocenters. The van der Waals surface area contributed by atoms with Crippen LogP contribution in [-0.4, -0.2) is 0 Å². The van der Waals surface area contributed by atoms with Gasteiger partial charge in [0.1, 0.15) is 0 Å². The van der Waals surface area contributed by atoms with E-state index in [1.54, 1.807) is 0 Å². The summed E-state index contributed by atoms with van der Waals surface area (Å²) >= 11 is 0. The Morgan fingerprint density at radius 3 is 2.27 bits per heavy atom. The number of hydrogen-bond donors (Lipinski definition) is 0. The van der Waals surface area contributed by atoms with E-state index in [9.17, 15) is 0 Å². The lowest BCUT2D eigenvalue weighted by molar-refractivity contribution is 0.637. The summed E-state index contributed by atoms with van der Waals surface area (Å²) in [6, 6.07) is 0. The van der Waals surface area contributed by atoms with Crippen molar-refractivity contribution in [1.82, 2.24) is 0 Å². The quantitative estimate of drug-likeness (QED) is 0.716. The van der Waals surface area contributed by atoms with E-state index in [2.05, 4.69) is 64.0 Å². The molecule has 0 N–H and O–H groups in total. The molecular weight excluding hydrogens is 264 g/mol. The van der Waals surface area contributed by atoms with E-state index in [0.29, 0.717) is 5.92 Å². The fraction of sp³-hybridized carbons (Fsp3) is 0.273. The number of allylic oxidation sites excluding steroid dienone is 5. The maximum absolute atomic E-state index is 4.41. The predicted molar refractivity (Wildman–Crippen MR) is 98.9 cm³/mol. The van der Waals surface area contributed by atoms with Crippen molar-refractivity contribution in [2.75, 3.05) is 0 Å². The van der Waals surface area contributed by atoms with Crippen LogP contribution in [0.15, 0.2) is 36.0 Å². The summed E-state index contributed by atoms with van der Waals surface area (Å²) in [5.41, 5.74) is 7.89. The van der Waals surface area contributed by atoms with E-state index in [0.717, 1.165) is 19.3 Å². The van der Waals surface area contributed by atoms with Gasteiger partial charge in [-0.1, -0.05) is 68.2 Å². The summed E-state index contributed by atoms with van der Waals surface area (Å²) in [6.45, 7) is 17.4. The lowest BCUT2D eigenvalue weighted by atomic mass is 9.92. The van der Waals surface area contributed by atoms with Crippen molar-refractivity contribution in [3.63, 3.8) is 0 Å². The molecule has 0 saturated carbocycles. The molecule has 2 aliphatic rings. The fourth-order valence-corrected chi connectivity index (χ4v) is 3.64. The van der Waals surface area contributed by atoms with Crippen molar-refractivity contribution in [2.24, 2.45) is 5.92 Å². The van der Waals surface area contributed by atoms with Crippen LogP contribution in [0.25, 0.3) is 25.3 Å². The van der Waals surface area contributed by atoms with Gasteiger partial charge >= 0.3 is 0 Å².